The van der Waals surface area contributed by atoms with Crippen molar-refractivity contribution in [3.63, 3.8) is 0 Å². The summed E-state index contributed by atoms with van der Waals surface area (Å²) >= 11 is 0. The van der Waals surface area contributed by atoms with Crippen LogP contribution in [0.2, 0.25) is 0 Å². The van der Waals surface area contributed by atoms with Gasteiger partial charge in [-0.15, -0.1) is 0 Å². The standard InChI is InChI=1S/C11H21NO3/c1-9(13)3-6-11(14)12(7-8-15-2)10-4-5-10/h9-10,13H,3-8H2,1-2H3. The zero-order chi connectivity index (χ0) is 11.3. The van der Waals surface area contributed by atoms with Gasteiger partial charge < -0.3 is 14.7 Å². The van der Waals surface area contributed by atoms with Crippen LogP contribution < -0.4 is 0 Å². The minimum absolute atomic E-state index is 0.149. The second kappa shape index (κ2) is 6.08. The summed E-state index contributed by atoms with van der Waals surface area (Å²) in [4.78, 5) is 13.7. The average molecular weight is 215 g/mol. The first-order chi connectivity index (χ1) is 7.15. The molecular formula is C11H21NO3. The van der Waals surface area contributed by atoms with E-state index in [9.17, 15) is 4.79 Å². The molecule has 1 aliphatic carbocycles. The number of carbonyl (C=O) groups excluding carboxylic acids is 1. The largest absolute Gasteiger partial charge is 0.393 e. The molecule has 4 heteroatoms. The molecule has 0 aromatic heterocycles. The second-order valence-corrected chi connectivity index (χ2v) is 4.20. The highest BCUT2D eigenvalue weighted by atomic mass is 16.5. The number of nitrogens with zero attached hydrogens (tertiary/aromatic N) is 1. The van der Waals surface area contributed by atoms with Gasteiger partial charge in [-0.1, -0.05) is 0 Å². The summed E-state index contributed by atoms with van der Waals surface area (Å²) in [5.74, 6) is 0.149. The molecule has 0 aromatic carbocycles. The van der Waals surface area contributed by atoms with Crippen LogP contribution in [0.25, 0.3) is 0 Å². The molecule has 1 rings (SSSR count). The van der Waals surface area contributed by atoms with E-state index in [0.29, 0.717) is 32.0 Å². The van der Waals surface area contributed by atoms with Gasteiger partial charge in [0.05, 0.1) is 12.7 Å². The first-order valence-corrected chi connectivity index (χ1v) is 5.61. The van der Waals surface area contributed by atoms with E-state index in [1.54, 1.807) is 14.0 Å². The first kappa shape index (κ1) is 12.5. The van der Waals surface area contributed by atoms with Crippen molar-refractivity contribution in [3.8, 4) is 0 Å². The molecule has 1 fully saturated rings. The van der Waals surface area contributed by atoms with Crippen molar-refractivity contribution in [3.05, 3.63) is 0 Å². The molecule has 0 bridgehead atoms. The minimum Gasteiger partial charge on any atom is -0.393 e. The van der Waals surface area contributed by atoms with Gasteiger partial charge in [0.1, 0.15) is 0 Å². The molecule has 4 nitrogen and oxygen atoms in total. The lowest BCUT2D eigenvalue weighted by Gasteiger charge is -2.22. The monoisotopic (exact) mass is 215 g/mol. The predicted molar refractivity (Wildman–Crippen MR) is 57.5 cm³/mol. The van der Waals surface area contributed by atoms with Gasteiger partial charge in [-0.05, 0) is 26.2 Å². The molecule has 1 N–H and O–H groups in total. The van der Waals surface area contributed by atoms with Crippen molar-refractivity contribution in [2.24, 2.45) is 0 Å². The number of hydrogen-bond acceptors (Lipinski definition) is 3. The molecule has 0 radical (unpaired) electrons. The van der Waals surface area contributed by atoms with Crippen LogP contribution in [-0.4, -0.2) is 48.3 Å². The van der Waals surface area contributed by atoms with E-state index in [0.717, 1.165) is 12.8 Å². The van der Waals surface area contributed by atoms with Gasteiger partial charge in [0.15, 0.2) is 0 Å². The highest BCUT2D eigenvalue weighted by molar-refractivity contribution is 5.76. The van der Waals surface area contributed by atoms with Gasteiger partial charge >= 0.3 is 0 Å². The zero-order valence-electron chi connectivity index (χ0n) is 9.61. The third kappa shape index (κ3) is 4.62. The van der Waals surface area contributed by atoms with E-state index in [2.05, 4.69) is 0 Å². The van der Waals surface area contributed by atoms with Crippen molar-refractivity contribution in [2.45, 2.75) is 44.8 Å². The molecule has 0 saturated heterocycles. The fourth-order valence-electron chi connectivity index (χ4n) is 1.56. The summed E-state index contributed by atoms with van der Waals surface area (Å²) in [5.41, 5.74) is 0. The lowest BCUT2D eigenvalue weighted by molar-refractivity contribution is -0.133. The number of carbonyl (C=O) groups is 1. The molecule has 1 aliphatic rings. The summed E-state index contributed by atoms with van der Waals surface area (Å²) in [5, 5.41) is 9.12. The Hall–Kier alpha value is -0.610. The molecule has 1 atom stereocenters. The van der Waals surface area contributed by atoms with Crippen LogP contribution in [0.4, 0.5) is 0 Å². The van der Waals surface area contributed by atoms with Crippen molar-refractivity contribution in [2.75, 3.05) is 20.3 Å². The molecule has 0 spiro atoms. The van der Waals surface area contributed by atoms with Crippen molar-refractivity contribution < 1.29 is 14.6 Å². The third-order valence-corrected chi connectivity index (χ3v) is 2.62. The number of ether oxygens (including phenoxy) is 1. The Bertz CT molecular complexity index is 202. The number of methoxy groups -OCH3 is 1. The van der Waals surface area contributed by atoms with E-state index in [4.69, 9.17) is 9.84 Å². The van der Waals surface area contributed by atoms with Crippen LogP contribution in [0, 0.1) is 0 Å². The van der Waals surface area contributed by atoms with Gasteiger partial charge in [0.25, 0.3) is 0 Å². The van der Waals surface area contributed by atoms with Gasteiger partial charge in [0.2, 0.25) is 5.91 Å². The molecule has 0 heterocycles. The Morgan fingerprint density at radius 1 is 1.60 bits per heavy atom. The van der Waals surface area contributed by atoms with E-state index >= 15 is 0 Å². The Balaban J connectivity index is 2.30. The molecule has 1 amide bonds. The van der Waals surface area contributed by atoms with Crippen LogP contribution in [0.5, 0.6) is 0 Å². The number of aliphatic hydroxyl groups excluding tert-OH is 1. The average Bonchev–Trinajstić information content (AvgIpc) is 2.99. The smallest absolute Gasteiger partial charge is 0.222 e. The maximum Gasteiger partial charge on any atom is 0.222 e. The summed E-state index contributed by atoms with van der Waals surface area (Å²) in [6.07, 6.45) is 2.83. The summed E-state index contributed by atoms with van der Waals surface area (Å²) in [6, 6.07) is 0.432. The number of rotatable bonds is 7. The molecular weight excluding hydrogens is 194 g/mol. The van der Waals surface area contributed by atoms with E-state index in [1.165, 1.54) is 0 Å². The Morgan fingerprint density at radius 2 is 2.27 bits per heavy atom. The fourth-order valence-corrected chi connectivity index (χ4v) is 1.56. The molecule has 88 valence electrons. The van der Waals surface area contributed by atoms with Crippen molar-refractivity contribution in [1.82, 2.24) is 4.90 Å². The normalized spacial score (nSPS) is 17.5. The molecule has 0 aliphatic heterocycles. The second-order valence-electron chi connectivity index (χ2n) is 4.20. The van der Waals surface area contributed by atoms with E-state index < -0.39 is 6.10 Å². The maximum atomic E-state index is 11.8. The maximum absolute atomic E-state index is 11.8. The lowest BCUT2D eigenvalue weighted by atomic mass is 10.2. The van der Waals surface area contributed by atoms with Gasteiger partial charge in [-0.25, -0.2) is 0 Å². The Morgan fingerprint density at radius 3 is 2.73 bits per heavy atom. The Kier molecular flexibility index (Phi) is 5.05. The van der Waals surface area contributed by atoms with E-state index in [1.807, 2.05) is 4.90 Å². The lowest BCUT2D eigenvalue weighted by Crippen LogP contribution is -2.36. The Labute approximate surface area is 91.2 Å². The quantitative estimate of drug-likeness (QED) is 0.683. The summed E-state index contributed by atoms with van der Waals surface area (Å²) < 4.78 is 4.98. The van der Waals surface area contributed by atoms with Crippen molar-refractivity contribution in [1.29, 1.82) is 0 Å². The third-order valence-electron chi connectivity index (χ3n) is 2.62. The van der Waals surface area contributed by atoms with Gasteiger partial charge in [0, 0.05) is 26.1 Å². The SMILES string of the molecule is COCCN(C(=O)CCC(C)O)C1CC1. The van der Waals surface area contributed by atoms with Crippen LogP contribution in [0.3, 0.4) is 0 Å². The molecule has 0 aromatic rings. The summed E-state index contributed by atoms with van der Waals surface area (Å²) in [6.45, 7) is 2.99. The van der Waals surface area contributed by atoms with Crippen LogP contribution >= 0.6 is 0 Å². The highest BCUT2D eigenvalue weighted by Crippen LogP contribution is 2.27. The molecule has 1 unspecified atom stereocenters. The minimum atomic E-state index is -0.391. The van der Waals surface area contributed by atoms with Crippen LogP contribution in [0.1, 0.15) is 32.6 Å². The van der Waals surface area contributed by atoms with Crippen molar-refractivity contribution >= 4 is 5.91 Å². The summed E-state index contributed by atoms with van der Waals surface area (Å²) in [7, 11) is 1.64. The predicted octanol–water partition coefficient (Wildman–Crippen LogP) is 0.785. The van der Waals surface area contributed by atoms with Crippen LogP contribution in [0.15, 0.2) is 0 Å². The van der Waals surface area contributed by atoms with Gasteiger partial charge in [-0.3, -0.25) is 4.79 Å². The number of amides is 1. The van der Waals surface area contributed by atoms with Gasteiger partial charge in [-0.2, -0.15) is 0 Å². The fraction of sp³-hybridized carbons (Fsp3) is 0.909. The topological polar surface area (TPSA) is 49.8 Å². The molecule has 15 heavy (non-hydrogen) atoms. The van der Waals surface area contributed by atoms with Crippen LogP contribution in [-0.2, 0) is 9.53 Å². The molecule has 1 saturated carbocycles. The first-order valence-electron chi connectivity index (χ1n) is 5.61. The number of aliphatic hydroxyl groups is 1. The highest BCUT2D eigenvalue weighted by Gasteiger charge is 2.31. The van der Waals surface area contributed by atoms with E-state index in [-0.39, 0.29) is 5.91 Å². The zero-order valence-corrected chi connectivity index (χ0v) is 9.61. The number of hydrogen-bond donors (Lipinski definition) is 1.